The Balaban J connectivity index is 1.68. The molecule has 0 unspecified atom stereocenters. The highest BCUT2D eigenvalue weighted by Crippen LogP contribution is 2.20. The molecule has 0 atom stereocenters. The van der Waals surface area contributed by atoms with E-state index in [1.807, 2.05) is 30.3 Å². The van der Waals surface area contributed by atoms with Crippen molar-refractivity contribution in [3.8, 4) is 0 Å². The van der Waals surface area contributed by atoms with Crippen molar-refractivity contribution in [1.82, 2.24) is 15.5 Å². The van der Waals surface area contributed by atoms with E-state index in [4.69, 9.17) is 4.74 Å². The van der Waals surface area contributed by atoms with E-state index in [0.29, 0.717) is 29.9 Å². The summed E-state index contributed by atoms with van der Waals surface area (Å²) in [5.41, 5.74) is 2.38. The Kier molecular flexibility index (Phi) is 14.8. The zero-order valence-electron chi connectivity index (χ0n) is 26.5. The van der Waals surface area contributed by atoms with Gasteiger partial charge in [-0.15, -0.1) is 0 Å². The van der Waals surface area contributed by atoms with Crippen molar-refractivity contribution in [2.24, 2.45) is 10.2 Å². The third kappa shape index (κ3) is 12.1. The van der Waals surface area contributed by atoms with Gasteiger partial charge in [0.1, 0.15) is 0 Å². The van der Waals surface area contributed by atoms with Crippen molar-refractivity contribution in [2.45, 2.75) is 33.1 Å². The van der Waals surface area contributed by atoms with Gasteiger partial charge in [-0.2, -0.15) is 10.2 Å². The van der Waals surface area contributed by atoms with Crippen LogP contribution in [0.5, 0.6) is 0 Å². The molecule has 0 saturated heterocycles. The predicted octanol–water partition coefficient (Wildman–Crippen LogP) is 6.06. The summed E-state index contributed by atoms with van der Waals surface area (Å²) in [6, 6.07) is 20.4. The zero-order valence-corrected chi connectivity index (χ0v) is 26.5. The fourth-order valence-electron chi connectivity index (χ4n) is 4.37. The number of carbonyl (C=O) groups is 4. The molecule has 11 heteroatoms. The number of nitrogens with zero attached hydrogens (tertiary/aromatic N) is 3. The van der Waals surface area contributed by atoms with Gasteiger partial charge in [-0.05, 0) is 93.5 Å². The molecule has 3 rings (SSSR count). The molecule has 0 aliphatic carbocycles. The van der Waals surface area contributed by atoms with Crippen LogP contribution in [0.1, 0.15) is 64.2 Å². The molecular weight excluding hydrogens is 584 g/mol. The van der Waals surface area contributed by atoms with Gasteiger partial charge in [0.2, 0.25) is 0 Å². The third-order valence-electron chi connectivity index (χ3n) is 6.98. The fraction of sp³-hybridized carbons (Fsp3) is 0.314. The van der Waals surface area contributed by atoms with Crippen LogP contribution in [0.15, 0.2) is 95.7 Å². The van der Waals surface area contributed by atoms with Crippen LogP contribution in [-0.4, -0.2) is 67.9 Å². The van der Waals surface area contributed by atoms with E-state index < -0.39 is 17.8 Å². The number of unbranched alkanes of at least 4 members (excludes halogenated alkanes) is 1. The Labute approximate surface area is 270 Å². The Morgan fingerprint density at radius 1 is 0.739 bits per heavy atom. The van der Waals surface area contributed by atoms with Crippen molar-refractivity contribution < 1.29 is 23.9 Å². The SMILES string of the molecule is C=CC(=O)OCCCNC(=O)c1cc(NC(=O)c2ccc(/N=N/c3ccccc3)cc2)cc(C(=O)NCCCCN(CC)CC)c1. The molecule has 0 aromatic heterocycles. The number of carbonyl (C=O) groups excluding carboxylic acids is 4. The highest BCUT2D eigenvalue weighted by molar-refractivity contribution is 6.07. The lowest BCUT2D eigenvalue weighted by molar-refractivity contribution is -0.137. The number of esters is 1. The van der Waals surface area contributed by atoms with Gasteiger partial charge in [-0.1, -0.05) is 38.6 Å². The van der Waals surface area contributed by atoms with Crippen LogP contribution in [0.25, 0.3) is 0 Å². The maximum Gasteiger partial charge on any atom is 0.330 e. The summed E-state index contributed by atoms with van der Waals surface area (Å²) in [4.78, 5) is 52.7. The number of ether oxygens (including phenoxy) is 1. The molecule has 0 aliphatic rings. The lowest BCUT2D eigenvalue weighted by atomic mass is 10.1. The lowest BCUT2D eigenvalue weighted by Gasteiger charge is -2.17. The van der Waals surface area contributed by atoms with Gasteiger partial charge < -0.3 is 25.6 Å². The minimum Gasteiger partial charge on any atom is -0.462 e. The first-order valence-corrected chi connectivity index (χ1v) is 15.4. The quantitative estimate of drug-likeness (QED) is 0.0679. The first kappa shape index (κ1) is 35.3. The summed E-state index contributed by atoms with van der Waals surface area (Å²) in [6.07, 6.45) is 3.22. The standard InChI is InChI=1S/C35H42N6O5/c1-4-32(42)46-22-12-20-37-34(44)28-23-27(33(43)36-19-10-11-21-41(5-2)6-3)24-31(25-28)38-35(45)26-15-17-30(18-16-26)40-39-29-13-8-7-9-14-29/h4,7-9,13-18,23-25H,1,5-6,10-12,19-22H2,2-3H3,(H,36,43)(H,37,44)(H,38,45)/b40-39+. The highest BCUT2D eigenvalue weighted by Gasteiger charge is 2.15. The Morgan fingerprint density at radius 3 is 1.91 bits per heavy atom. The summed E-state index contributed by atoms with van der Waals surface area (Å²) < 4.78 is 4.93. The summed E-state index contributed by atoms with van der Waals surface area (Å²) in [6.45, 7) is 11.3. The molecule has 0 saturated carbocycles. The minimum atomic E-state index is -0.537. The van der Waals surface area contributed by atoms with Crippen molar-refractivity contribution in [2.75, 3.05) is 44.6 Å². The molecule has 3 N–H and O–H groups in total. The number of anilines is 1. The van der Waals surface area contributed by atoms with E-state index in [-0.39, 0.29) is 35.9 Å². The summed E-state index contributed by atoms with van der Waals surface area (Å²) in [7, 11) is 0. The monoisotopic (exact) mass is 626 g/mol. The first-order chi connectivity index (χ1) is 22.3. The van der Waals surface area contributed by atoms with E-state index in [0.717, 1.165) is 38.6 Å². The second-order valence-electron chi connectivity index (χ2n) is 10.3. The van der Waals surface area contributed by atoms with Gasteiger partial charge in [-0.3, -0.25) is 14.4 Å². The second kappa shape index (κ2) is 19.3. The average molecular weight is 627 g/mol. The average Bonchev–Trinajstić information content (AvgIpc) is 3.08. The number of rotatable bonds is 18. The van der Waals surface area contributed by atoms with E-state index in [1.165, 1.54) is 18.2 Å². The number of hydrogen-bond donors (Lipinski definition) is 3. The predicted molar refractivity (Wildman–Crippen MR) is 179 cm³/mol. The number of benzene rings is 3. The summed E-state index contributed by atoms with van der Waals surface area (Å²) >= 11 is 0. The Hall–Kier alpha value is -5.16. The molecule has 0 spiro atoms. The normalized spacial score (nSPS) is 10.8. The van der Waals surface area contributed by atoms with Crippen LogP contribution in [0, 0.1) is 0 Å². The van der Waals surface area contributed by atoms with Gasteiger partial charge in [0, 0.05) is 41.5 Å². The van der Waals surface area contributed by atoms with Crippen molar-refractivity contribution >= 4 is 40.8 Å². The first-order valence-electron chi connectivity index (χ1n) is 15.4. The maximum atomic E-state index is 13.1. The second-order valence-corrected chi connectivity index (χ2v) is 10.3. The van der Waals surface area contributed by atoms with Crippen molar-refractivity contribution in [3.05, 3.63) is 102 Å². The number of nitrogens with one attached hydrogen (secondary N) is 3. The van der Waals surface area contributed by atoms with E-state index >= 15 is 0 Å². The van der Waals surface area contributed by atoms with Crippen LogP contribution in [-0.2, 0) is 9.53 Å². The van der Waals surface area contributed by atoms with E-state index in [2.05, 4.69) is 51.5 Å². The molecule has 0 fully saturated rings. The summed E-state index contributed by atoms with van der Waals surface area (Å²) in [5, 5.41) is 16.8. The van der Waals surface area contributed by atoms with Gasteiger partial charge >= 0.3 is 5.97 Å². The van der Waals surface area contributed by atoms with Crippen LogP contribution < -0.4 is 16.0 Å². The molecule has 0 radical (unpaired) electrons. The van der Waals surface area contributed by atoms with Crippen LogP contribution in [0.4, 0.5) is 17.1 Å². The molecule has 0 bridgehead atoms. The van der Waals surface area contributed by atoms with Crippen molar-refractivity contribution in [3.63, 3.8) is 0 Å². The molecule has 0 heterocycles. The third-order valence-corrected chi connectivity index (χ3v) is 6.98. The molecular formula is C35H42N6O5. The molecule has 3 aromatic rings. The topological polar surface area (TPSA) is 142 Å². The molecule has 242 valence electrons. The molecule has 0 aliphatic heterocycles. The van der Waals surface area contributed by atoms with Gasteiger partial charge in [0.15, 0.2) is 0 Å². The van der Waals surface area contributed by atoms with E-state index in [1.54, 1.807) is 24.3 Å². The van der Waals surface area contributed by atoms with Crippen molar-refractivity contribution in [1.29, 1.82) is 0 Å². The van der Waals surface area contributed by atoms with Gasteiger partial charge in [0.25, 0.3) is 17.7 Å². The van der Waals surface area contributed by atoms with Crippen LogP contribution in [0.2, 0.25) is 0 Å². The number of azo groups is 1. The zero-order chi connectivity index (χ0) is 33.1. The smallest absolute Gasteiger partial charge is 0.330 e. The van der Waals surface area contributed by atoms with E-state index in [9.17, 15) is 19.2 Å². The van der Waals surface area contributed by atoms with Crippen LogP contribution >= 0.6 is 0 Å². The lowest BCUT2D eigenvalue weighted by Crippen LogP contribution is -2.28. The van der Waals surface area contributed by atoms with Crippen LogP contribution in [0.3, 0.4) is 0 Å². The summed E-state index contributed by atoms with van der Waals surface area (Å²) in [5.74, 6) is -1.74. The largest absolute Gasteiger partial charge is 0.462 e. The van der Waals surface area contributed by atoms with Gasteiger partial charge in [0.05, 0.1) is 18.0 Å². The molecule has 46 heavy (non-hydrogen) atoms. The molecule has 3 amide bonds. The molecule has 11 nitrogen and oxygen atoms in total. The number of hydrogen-bond acceptors (Lipinski definition) is 8. The fourth-order valence-corrected chi connectivity index (χ4v) is 4.37. The Morgan fingerprint density at radius 2 is 1.33 bits per heavy atom. The maximum absolute atomic E-state index is 13.1. The minimum absolute atomic E-state index is 0.121. The number of amides is 3. The van der Waals surface area contributed by atoms with Gasteiger partial charge in [-0.25, -0.2) is 4.79 Å². The highest BCUT2D eigenvalue weighted by atomic mass is 16.5. The Bertz CT molecular complexity index is 1490. The molecule has 3 aromatic carbocycles.